The molecule has 1 aromatic carbocycles. The molecule has 0 spiro atoms. The van der Waals surface area contributed by atoms with Crippen molar-refractivity contribution >= 4 is 0 Å². The minimum atomic E-state index is 0.402. The minimum Gasteiger partial charge on any atom is -0.368 e. The van der Waals surface area contributed by atoms with E-state index in [1.807, 2.05) is 0 Å². The quantitative estimate of drug-likeness (QED) is 0.469. The largest absolute Gasteiger partial charge is 0.368 e. The Hall–Kier alpha value is -0.820. The Morgan fingerprint density at radius 1 is 1.12 bits per heavy atom. The second-order valence-electron chi connectivity index (χ2n) is 5.08. The molecular weight excluding hydrogens is 208 g/mol. The first kappa shape index (κ1) is 12.6. The van der Waals surface area contributed by atoms with Crippen molar-refractivity contribution in [2.24, 2.45) is 0 Å². The normalized spacial score (nSPS) is 18.3. The highest BCUT2D eigenvalue weighted by atomic mass is 16.6. The Bertz CT molecular complexity index is 328. The van der Waals surface area contributed by atoms with Gasteiger partial charge in [-0.05, 0) is 24.0 Å². The molecule has 0 aromatic heterocycles. The van der Waals surface area contributed by atoms with E-state index >= 15 is 0 Å². The highest BCUT2D eigenvalue weighted by Gasteiger charge is 2.24. The predicted octanol–water partition coefficient (Wildman–Crippen LogP) is 4.66. The average Bonchev–Trinajstić information content (AvgIpc) is 3.18. The molecular formula is C16H24O. The number of benzene rings is 1. The van der Waals surface area contributed by atoms with Crippen LogP contribution >= 0.6 is 0 Å². The Kier molecular flexibility index (Phi) is 5.06. The van der Waals surface area contributed by atoms with Gasteiger partial charge in [0.2, 0.25) is 0 Å². The van der Waals surface area contributed by atoms with Crippen molar-refractivity contribution in [2.75, 3.05) is 6.61 Å². The summed E-state index contributed by atoms with van der Waals surface area (Å²) in [6, 6.07) is 8.92. The van der Waals surface area contributed by atoms with Gasteiger partial charge in [0.25, 0.3) is 0 Å². The molecule has 2 rings (SSSR count). The fourth-order valence-corrected chi connectivity index (χ4v) is 2.30. The third kappa shape index (κ3) is 4.51. The highest BCUT2D eigenvalue weighted by molar-refractivity contribution is 5.27. The number of ether oxygens (including phenoxy) is 1. The van der Waals surface area contributed by atoms with Crippen LogP contribution in [0, 0.1) is 0 Å². The molecule has 1 aromatic rings. The van der Waals surface area contributed by atoms with Crippen LogP contribution in [0.1, 0.15) is 62.7 Å². The van der Waals surface area contributed by atoms with E-state index in [9.17, 15) is 0 Å². The van der Waals surface area contributed by atoms with E-state index in [2.05, 4.69) is 31.2 Å². The van der Waals surface area contributed by atoms with Crippen molar-refractivity contribution in [3.05, 3.63) is 35.4 Å². The first-order valence-corrected chi connectivity index (χ1v) is 7.10. The van der Waals surface area contributed by atoms with Gasteiger partial charge in [0, 0.05) is 0 Å². The summed E-state index contributed by atoms with van der Waals surface area (Å²) in [5.74, 6) is 0. The zero-order valence-corrected chi connectivity index (χ0v) is 11.0. The molecule has 1 heterocycles. The Balaban J connectivity index is 1.66. The van der Waals surface area contributed by atoms with Crippen LogP contribution in [0.4, 0.5) is 0 Å². The number of hydrogen-bond acceptors (Lipinski definition) is 1. The van der Waals surface area contributed by atoms with Gasteiger partial charge in [-0.3, -0.25) is 0 Å². The van der Waals surface area contributed by atoms with Gasteiger partial charge in [-0.1, -0.05) is 63.3 Å². The van der Waals surface area contributed by atoms with Gasteiger partial charge in [0.15, 0.2) is 0 Å². The first-order valence-electron chi connectivity index (χ1n) is 7.10. The van der Waals surface area contributed by atoms with Crippen LogP contribution < -0.4 is 0 Å². The molecule has 0 bridgehead atoms. The van der Waals surface area contributed by atoms with Gasteiger partial charge in [0.05, 0.1) is 6.61 Å². The highest BCUT2D eigenvalue weighted by Crippen LogP contribution is 2.30. The van der Waals surface area contributed by atoms with Gasteiger partial charge in [-0.25, -0.2) is 0 Å². The molecule has 1 unspecified atom stereocenters. The monoisotopic (exact) mass is 232 g/mol. The van der Waals surface area contributed by atoms with Gasteiger partial charge in [-0.2, -0.15) is 0 Å². The maximum absolute atomic E-state index is 5.32. The van der Waals surface area contributed by atoms with Crippen molar-refractivity contribution in [1.82, 2.24) is 0 Å². The van der Waals surface area contributed by atoms with Gasteiger partial charge in [0.1, 0.15) is 6.10 Å². The zero-order chi connectivity index (χ0) is 11.9. The summed E-state index contributed by atoms with van der Waals surface area (Å²) in [6.45, 7) is 3.19. The topological polar surface area (TPSA) is 12.5 Å². The summed E-state index contributed by atoms with van der Waals surface area (Å²) >= 11 is 0. The van der Waals surface area contributed by atoms with E-state index in [4.69, 9.17) is 4.74 Å². The third-order valence-corrected chi connectivity index (χ3v) is 3.48. The van der Waals surface area contributed by atoms with E-state index < -0.39 is 0 Å². The molecule has 94 valence electrons. The lowest BCUT2D eigenvalue weighted by Gasteiger charge is -2.04. The summed E-state index contributed by atoms with van der Waals surface area (Å²) in [5.41, 5.74) is 2.85. The molecule has 1 aliphatic rings. The van der Waals surface area contributed by atoms with Crippen LogP contribution in [0.5, 0.6) is 0 Å². The Morgan fingerprint density at radius 2 is 1.88 bits per heavy atom. The smallest absolute Gasteiger partial charge is 0.106 e. The maximum atomic E-state index is 5.32. The number of unbranched alkanes of at least 4 members (excludes halogenated alkanes) is 5. The van der Waals surface area contributed by atoms with Crippen molar-refractivity contribution in [1.29, 1.82) is 0 Å². The second kappa shape index (κ2) is 6.80. The standard InChI is InChI=1S/C16H24O/c1-2-3-4-5-6-7-9-14-10-8-11-15(12-14)16-13-17-16/h8,10-12,16H,2-7,9,13H2,1H3. The molecule has 0 aliphatic carbocycles. The molecule has 0 amide bonds. The molecule has 0 saturated carbocycles. The Labute approximate surface area is 105 Å². The minimum absolute atomic E-state index is 0.402. The van der Waals surface area contributed by atoms with E-state index in [1.54, 1.807) is 0 Å². The van der Waals surface area contributed by atoms with Crippen molar-refractivity contribution in [2.45, 2.75) is 58.0 Å². The van der Waals surface area contributed by atoms with Gasteiger partial charge in [-0.15, -0.1) is 0 Å². The molecule has 1 atom stereocenters. The van der Waals surface area contributed by atoms with E-state index in [0.29, 0.717) is 6.10 Å². The van der Waals surface area contributed by atoms with Gasteiger partial charge >= 0.3 is 0 Å². The lowest BCUT2D eigenvalue weighted by molar-refractivity contribution is 0.415. The predicted molar refractivity (Wildman–Crippen MR) is 72.2 cm³/mol. The van der Waals surface area contributed by atoms with Crippen LogP contribution in [-0.2, 0) is 11.2 Å². The fourth-order valence-electron chi connectivity index (χ4n) is 2.30. The molecule has 1 heteroatoms. The van der Waals surface area contributed by atoms with Crippen molar-refractivity contribution in [3.8, 4) is 0 Å². The lowest BCUT2D eigenvalue weighted by Crippen LogP contribution is -1.89. The molecule has 0 N–H and O–H groups in total. The summed E-state index contributed by atoms with van der Waals surface area (Å²) in [7, 11) is 0. The SMILES string of the molecule is CCCCCCCCc1cccc(C2CO2)c1. The second-order valence-corrected chi connectivity index (χ2v) is 5.08. The van der Waals surface area contributed by atoms with E-state index in [0.717, 1.165) is 6.61 Å². The number of rotatable bonds is 8. The van der Waals surface area contributed by atoms with E-state index in [-0.39, 0.29) is 0 Å². The summed E-state index contributed by atoms with van der Waals surface area (Å²) in [4.78, 5) is 0. The van der Waals surface area contributed by atoms with E-state index in [1.165, 1.54) is 56.1 Å². The number of aryl methyl sites for hydroxylation is 1. The molecule has 17 heavy (non-hydrogen) atoms. The van der Waals surface area contributed by atoms with Crippen LogP contribution in [0.25, 0.3) is 0 Å². The average molecular weight is 232 g/mol. The molecule has 1 aliphatic heterocycles. The first-order chi connectivity index (χ1) is 8.40. The van der Waals surface area contributed by atoms with Crippen molar-refractivity contribution in [3.63, 3.8) is 0 Å². The van der Waals surface area contributed by atoms with Crippen LogP contribution in [-0.4, -0.2) is 6.61 Å². The summed E-state index contributed by atoms with van der Waals surface area (Å²) < 4.78 is 5.32. The van der Waals surface area contributed by atoms with Crippen LogP contribution in [0.3, 0.4) is 0 Å². The zero-order valence-electron chi connectivity index (χ0n) is 11.0. The van der Waals surface area contributed by atoms with Gasteiger partial charge < -0.3 is 4.74 Å². The number of hydrogen-bond donors (Lipinski definition) is 0. The van der Waals surface area contributed by atoms with Crippen LogP contribution in [0.15, 0.2) is 24.3 Å². The molecule has 1 fully saturated rings. The molecule has 1 nitrogen and oxygen atoms in total. The number of epoxide rings is 1. The molecule has 1 saturated heterocycles. The van der Waals surface area contributed by atoms with Crippen LogP contribution in [0.2, 0.25) is 0 Å². The third-order valence-electron chi connectivity index (χ3n) is 3.48. The summed E-state index contributed by atoms with van der Waals surface area (Å²) in [6.07, 6.45) is 9.89. The summed E-state index contributed by atoms with van der Waals surface area (Å²) in [5, 5.41) is 0. The maximum Gasteiger partial charge on any atom is 0.106 e. The lowest BCUT2D eigenvalue weighted by atomic mass is 10.0. The fraction of sp³-hybridized carbons (Fsp3) is 0.625. The Morgan fingerprint density at radius 3 is 2.65 bits per heavy atom. The van der Waals surface area contributed by atoms with Crippen molar-refractivity contribution < 1.29 is 4.74 Å². The molecule has 0 radical (unpaired) electrons.